The van der Waals surface area contributed by atoms with Crippen LogP contribution in [0.1, 0.15) is 218 Å². The molecular formula is C60H109N11O11. The second-order valence-corrected chi connectivity index (χ2v) is 25.5. The van der Waals surface area contributed by atoms with Crippen molar-refractivity contribution in [2.45, 2.75) is 271 Å². The highest BCUT2D eigenvalue weighted by Gasteiger charge is 2.42. The van der Waals surface area contributed by atoms with Crippen LogP contribution in [-0.2, 0) is 47.9 Å². The Morgan fingerprint density at radius 3 is 1.67 bits per heavy atom. The monoisotopic (exact) mass is 1160 g/mol. The second-order valence-electron chi connectivity index (χ2n) is 25.5. The number of likely N-dealkylation sites (tertiary alicyclic amines) is 1. The molecule has 470 valence electrons. The summed E-state index contributed by atoms with van der Waals surface area (Å²) in [6.45, 7) is 23.6. The number of hydrogen-bond donors (Lipinski definition) is 11. The Hall–Kier alpha value is -5.38. The maximum absolute atomic E-state index is 14.4. The summed E-state index contributed by atoms with van der Waals surface area (Å²) in [7, 11) is 0. The average Bonchev–Trinajstić information content (AvgIpc) is 4.05. The molecular weight excluding hydrogens is 1050 g/mol. The van der Waals surface area contributed by atoms with Crippen molar-refractivity contribution in [3.05, 3.63) is 0 Å². The first-order valence-electron chi connectivity index (χ1n) is 30.9. The van der Waals surface area contributed by atoms with Gasteiger partial charge in [0.15, 0.2) is 0 Å². The van der Waals surface area contributed by atoms with E-state index in [9.17, 15) is 47.9 Å². The van der Waals surface area contributed by atoms with Gasteiger partial charge in [-0.2, -0.15) is 0 Å². The predicted molar refractivity (Wildman–Crippen MR) is 317 cm³/mol. The lowest BCUT2D eigenvalue weighted by Gasteiger charge is -2.35. The van der Waals surface area contributed by atoms with Gasteiger partial charge in [-0.05, 0) is 111 Å². The Labute approximate surface area is 490 Å². The number of aliphatic hydroxyl groups excluding tert-OH is 1. The molecule has 82 heavy (non-hydrogen) atoms. The van der Waals surface area contributed by atoms with Crippen molar-refractivity contribution in [2.24, 2.45) is 17.8 Å². The molecule has 0 bridgehead atoms. The van der Waals surface area contributed by atoms with Crippen LogP contribution < -0.4 is 53.2 Å². The molecule has 1 heterocycles. The Balaban J connectivity index is 2.26. The van der Waals surface area contributed by atoms with Gasteiger partial charge in [0.05, 0.1) is 6.61 Å². The number of rotatable bonds is 38. The van der Waals surface area contributed by atoms with Crippen molar-refractivity contribution in [1.82, 2.24) is 58.1 Å². The van der Waals surface area contributed by atoms with E-state index >= 15 is 0 Å². The van der Waals surface area contributed by atoms with E-state index in [1.54, 1.807) is 4.90 Å². The number of carbonyl (C=O) groups excluding carboxylic acids is 10. The molecule has 2 rings (SSSR count). The molecule has 0 aromatic carbocycles. The van der Waals surface area contributed by atoms with E-state index in [-0.39, 0.29) is 74.4 Å². The zero-order valence-electron chi connectivity index (χ0n) is 52.4. The number of hydrogen-bond acceptors (Lipinski definition) is 12. The summed E-state index contributed by atoms with van der Waals surface area (Å²) >= 11 is 0. The summed E-state index contributed by atoms with van der Waals surface area (Å²) in [4.78, 5) is 140. The van der Waals surface area contributed by atoms with Crippen molar-refractivity contribution in [3.63, 3.8) is 0 Å². The highest BCUT2D eigenvalue weighted by molar-refractivity contribution is 6.00. The highest BCUT2D eigenvalue weighted by atomic mass is 16.3. The summed E-state index contributed by atoms with van der Waals surface area (Å²) in [6, 6.07) is -5.16. The Kier molecular flexibility index (Phi) is 32.2. The number of carbonyl (C=O) groups is 10. The first-order valence-corrected chi connectivity index (χ1v) is 30.9. The molecule has 0 aromatic rings. The van der Waals surface area contributed by atoms with E-state index in [1.807, 2.05) is 41.5 Å². The fourth-order valence-corrected chi connectivity index (χ4v) is 10.3. The largest absolute Gasteiger partial charge is 0.395 e. The summed E-state index contributed by atoms with van der Waals surface area (Å²) < 4.78 is 0. The quantitative estimate of drug-likeness (QED) is 0.0394. The average molecular weight is 1160 g/mol. The number of nitrogens with one attached hydrogen (secondary N) is 10. The number of unbranched alkanes of at least 4 members (excludes halogenated alkanes) is 5. The maximum Gasteiger partial charge on any atom is 0.246 e. The van der Waals surface area contributed by atoms with E-state index < -0.39 is 94.1 Å². The first kappa shape index (κ1) is 72.7. The van der Waals surface area contributed by atoms with Gasteiger partial charge >= 0.3 is 0 Å². The van der Waals surface area contributed by atoms with Gasteiger partial charge in [-0.15, -0.1) is 0 Å². The minimum absolute atomic E-state index is 0.00339. The SMILES string of the molecule is CCCCCCCC[C@H](NC(=O)C(C)(C)NC(=O)C(C)(C)NC(=O)[C@H](CC1CCCCC1)NC(=O)C1CCCN1C(=O)CCC)C(=O)N[C@@H](CC(C)C)C(=O)NC(C)(C)C(=O)N[C@@H](CC(C)C)C(=O)NCCC(=O)N[C@@H](C)CNCCO. The zero-order chi connectivity index (χ0) is 61.8. The van der Waals surface area contributed by atoms with Gasteiger partial charge in [0.2, 0.25) is 59.1 Å². The van der Waals surface area contributed by atoms with Crippen molar-refractivity contribution >= 4 is 59.1 Å². The number of aliphatic hydroxyl groups is 1. The third-order valence-corrected chi connectivity index (χ3v) is 15.2. The molecule has 0 aromatic heterocycles. The van der Waals surface area contributed by atoms with E-state index in [0.717, 1.165) is 64.2 Å². The second kappa shape index (κ2) is 36.4. The molecule has 2 fully saturated rings. The molecule has 1 saturated carbocycles. The van der Waals surface area contributed by atoms with Gasteiger partial charge in [0.1, 0.15) is 46.8 Å². The van der Waals surface area contributed by atoms with Crippen LogP contribution in [0.2, 0.25) is 0 Å². The molecule has 6 atom stereocenters. The van der Waals surface area contributed by atoms with Crippen LogP contribution in [-0.4, -0.2) is 155 Å². The van der Waals surface area contributed by atoms with Crippen molar-refractivity contribution in [1.29, 1.82) is 0 Å². The van der Waals surface area contributed by atoms with Crippen LogP contribution >= 0.6 is 0 Å². The third-order valence-electron chi connectivity index (χ3n) is 15.2. The molecule has 1 unspecified atom stereocenters. The lowest BCUT2D eigenvalue weighted by molar-refractivity contribution is -0.141. The zero-order valence-corrected chi connectivity index (χ0v) is 52.4. The highest BCUT2D eigenvalue weighted by Crippen LogP contribution is 2.28. The Morgan fingerprint density at radius 2 is 1.09 bits per heavy atom. The van der Waals surface area contributed by atoms with Gasteiger partial charge in [-0.3, -0.25) is 47.9 Å². The first-order chi connectivity index (χ1) is 38.5. The summed E-state index contributed by atoms with van der Waals surface area (Å²) in [6.07, 6.45) is 13.4. The molecule has 2 aliphatic rings. The van der Waals surface area contributed by atoms with E-state index in [1.165, 1.54) is 41.5 Å². The molecule has 11 N–H and O–H groups in total. The summed E-state index contributed by atoms with van der Waals surface area (Å²) in [5.74, 6) is -5.14. The van der Waals surface area contributed by atoms with Crippen molar-refractivity contribution in [2.75, 3.05) is 32.8 Å². The Morgan fingerprint density at radius 1 is 0.537 bits per heavy atom. The van der Waals surface area contributed by atoms with Crippen LogP contribution in [0.25, 0.3) is 0 Å². The lowest BCUT2D eigenvalue weighted by atomic mass is 9.84. The molecule has 0 spiro atoms. The fourth-order valence-electron chi connectivity index (χ4n) is 10.3. The van der Waals surface area contributed by atoms with Gasteiger partial charge in [-0.25, -0.2) is 0 Å². The van der Waals surface area contributed by atoms with Gasteiger partial charge in [0, 0.05) is 45.1 Å². The predicted octanol–water partition coefficient (Wildman–Crippen LogP) is 3.81. The number of nitrogens with zero attached hydrogens (tertiary/aromatic N) is 1. The number of amides is 10. The van der Waals surface area contributed by atoms with Crippen LogP contribution in [0.15, 0.2) is 0 Å². The van der Waals surface area contributed by atoms with Gasteiger partial charge in [-0.1, -0.05) is 112 Å². The standard InChI is InChI=1S/C60H109N11O11/c1-14-16-17-18-19-23-28-43(51(76)64-45(36-40(5)6)52(77)68-58(8,9)55(80)67-44(35-39(3)4)50(75)62-31-30-48(73)63-41(7)38-61-32-34-72)66-56(81)59(10,11)70-57(82)60(12,13)69-53(78)46(37-42-26-21-20-22-27-42)65-54(79)47-29-24-33-71(47)49(74)25-15-2/h39-47,61,72H,14-38H2,1-13H3,(H,62,75)(H,63,73)(H,64,76)(H,65,79)(H,66,81)(H,67,80)(H,68,77)(H,69,78)(H,70,82)/t41-,43-,44-,45-,46-,47?/m0/s1. The molecule has 1 aliphatic carbocycles. The van der Waals surface area contributed by atoms with Crippen LogP contribution in [0.4, 0.5) is 0 Å². The van der Waals surface area contributed by atoms with Gasteiger partial charge < -0.3 is 63.2 Å². The smallest absolute Gasteiger partial charge is 0.246 e. The normalized spacial score (nSPS) is 16.9. The van der Waals surface area contributed by atoms with Crippen molar-refractivity contribution < 1.29 is 53.1 Å². The molecule has 1 aliphatic heterocycles. The van der Waals surface area contributed by atoms with Crippen LogP contribution in [0.5, 0.6) is 0 Å². The minimum Gasteiger partial charge on any atom is -0.395 e. The third kappa shape index (κ3) is 26.5. The summed E-state index contributed by atoms with van der Waals surface area (Å²) in [5.41, 5.74) is -4.79. The van der Waals surface area contributed by atoms with Crippen LogP contribution in [0.3, 0.4) is 0 Å². The summed E-state index contributed by atoms with van der Waals surface area (Å²) in [5, 5.41) is 37.4. The lowest BCUT2D eigenvalue weighted by Crippen LogP contribution is -2.66. The van der Waals surface area contributed by atoms with Crippen LogP contribution in [0, 0.1) is 17.8 Å². The van der Waals surface area contributed by atoms with E-state index in [0.29, 0.717) is 58.2 Å². The molecule has 1 saturated heterocycles. The molecule has 22 nitrogen and oxygen atoms in total. The maximum atomic E-state index is 14.4. The fraction of sp³-hybridized carbons (Fsp3) is 0.833. The molecule has 0 radical (unpaired) electrons. The van der Waals surface area contributed by atoms with Crippen molar-refractivity contribution in [3.8, 4) is 0 Å². The minimum atomic E-state index is -1.63. The van der Waals surface area contributed by atoms with E-state index in [4.69, 9.17) is 5.11 Å². The van der Waals surface area contributed by atoms with E-state index in [2.05, 4.69) is 60.1 Å². The molecule has 10 amide bonds. The topological polar surface area (TPSA) is 314 Å². The van der Waals surface area contributed by atoms with Gasteiger partial charge in [0.25, 0.3) is 0 Å². The Bertz CT molecular complexity index is 2080. The molecule has 22 heteroatoms.